The number of halogens is 2. The fourth-order valence-corrected chi connectivity index (χ4v) is 3.08. The van der Waals surface area contributed by atoms with Crippen LogP contribution in [0, 0.1) is 5.82 Å². The summed E-state index contributed by atoms with van der Waals surface area (Å²) in [5.74, 6) is 0.628. The summed E-state index contributed by atoms with van der Waals surface area (Å²) in [5.41, 5.74) is 0.606. The molecule has 1 aromatic carbocycles. The van der Waals surface area contributed by atoms with Gasteiger partial charge in [-0.1, -0.05) is 0 Å². The Morgan fingerprint density at radius 3 is 2.69 bits per heavy atom. The van der Waals surface area contributed by atoms with Crippen molar-refractivity contribution in [1.82, 2.24) is 9.88 Å². The van der Waals surface area contributed by atoms with Crippen LogP contribution in [0.25, 0.3) is 0 Å². The van der Waals surface area contributed by atoms with Crippen molar-refractivity contribution < 1.29 is 13.9 Å². The molecule has 0 atom stereocenters. The highest BCUT2D eigenvalue weighted by Crippen LogP contribution is 2.25. The topological polar surface area (TPSA) is 57.7 Å². The van der Waals surface area contributed by atoms with Crippen LogP contribution in [-0.4, -0.2) is 55.6 Å². The summed E-state index contributed by atoms with van der Waals surface area (Å²) >= 11 is 3.20. The minimum absolute atomic E-state index is 0.176. The smallest absolute Gasteiger partial charge is 0.262 e. The van der Waals surface area contributed by atoms with Crippen LogP contribution in [0.3, 0.4) is 0 Å². The molecule has 2 heterocycles. The lowest BCUT2D eigenvalue weighted by Crippen LogP contribution is -2.44. The van der Waals surface area contributed by atoms with Gasteiger partial charge in [-0.2, -0.15) is 0 Å². The average molecular weight is 423 g/mol. The van der Waals surface area contributed by atoms with Gasteiger partial charge in [-0.05, 0) is 53.3 Å². The summed E-state index contributed by atoms with van der Waals surface area (Å²) in [6, 6.07) is 7.76. The van der Waals surface area contributed by atoms with E-state index in [1.165, 1.54) is 18.2 Å². The maximum Gasteiger partial charge on any atom is 0.262 e. The van der Waals surface area contributed by atoms with Gasteiger partial charge >= 0.3 is 0 Å². The molecular weight excluding hydrogens is 403 g/mol. The minimum atomic E-state index is -0.375. The van der Waals surface area contributed by atoms with E-state index >= 15 is 0 Å². The lowest BCUT2D eigenvalue weighted by molar-refractivity contribution is -0.118. The lowest BCUT2D eigenvalue weighted by Gasteiger charge is -2.33. The van der Waals surface area contributed by atoms with E-state index in [2.05, 4.69) is 43.1 Å². The molecule has 26 heavy (non-hydrogen) atoms. The Bertz CT molecular complexity index is 764. The highest BCUT2D eigenvalue weighted by Gasteiger charge is 2.15. The monoisotopic (exact) mass is 422 g/mol. The molecule has 0 bridgehead atoms. The number of hydrogen-bond donors (Lipinski definition) is 1. The number of anilines is 2. The molecule has 1 saturated heterocycles. The SMILES string of the molecule is CN1CCN(c2ccc(NC(=O)COc3ccc(F)cc3Br)cn2)CC1. The third kappa shape index (κ3) is 4.92. The number of likely N-dealkylation sites (N-methyl/N-ethyl adjacent to an activating group) is 1. The number of aromatic nitrogens is 1. The third-order valence-corrected chi connectivity index (χ3v) is 4.73. The van der Waals surface area contributed by atoms with E-state index in [9.17, 15) is 9.18 Å². The van der Waals surface area contributed by atoms with E-state index in [4.69, 9.17) is 4.74 Å². The molecule has 3 rings (SSSR count). The number of pyridine rings is 1. The lowest BCUT2D eigenvalue weighted by atomic mass is 10.3. The molecule has 0 spiro atoms. The summed E-state index contributed by atoms with van der Waals surface area (Å²) in [6.45, 7) is 3.72. The van der Waals surface area contributed by atoms with Crippen molar-refractivity contribution in [1.29, 1.82) is 0 Å². The number of nitrogens with one attached hydrogen (secondary N) is 1. The van der Waals surface area contributed by atoms with Crippen LogP contribution in [0.1, 0.15) is 0 Å². The maximum atomic E-state index is 13.0. The summed E-state index contributed by atoms with van der Waals surface area (Å²) in [4.78, 5) is 20.9. The Morgan fingerprint density at radius 2 is 2.04 bits per heavy atom. The van der Waals surface area contributed by atoms with Crippen LogP contribution in [0.5, 0.6) is 5.75 Å². The Balaban J connectivity index is 1.51. The first kappa shape index (κ1) is 18.6. The van der Waals surface area contributed by atoms with Crippen LogP contribution in [0.4, 0.5) is 15.9 Å². The van der Waals surface area contributed by atoms with E-state index in [1.807, 2.05) is 12.1 Å². The number of benzene rings is 1. The predicted octanol–water partition coefficient (Wildman–Crippen LogP) is 2.75. The van der Waals surface area contributed by atoms with Gasteiger partial charge in [0.05, 0.1) is 16.4 Å². The Labute approximate surface area is 160 Å². The average Bonchev–Trinajstić information content (AvgIpc) is 2.62. The van der Waals surface area contributed by atoms with E-state index < -0.39 is 0 Å². The molecular formula is C18H20BrFN4O2. The molecule has 1 N–H and O–H groups in total. The zero-order valence-corrected chi connectivity index (χ0v) is 16.0. The van der Waals surface area contributed by atoms with Crippen LogP contribution in [0.2, 0.25) is 0 Å². The number of carbonyl (C=O) groups is 1. The normalized spacial score (nSPS) is 15.0. The van der Waals surface area contributed by atoms with E-state index in [-0.39, 0.29) is 18.3 Å². The van der Waals surface area contributed by atoms with E-state index in [0.29, 0.717) is 15.9 Å². The first-order valence-corrected chi connectivity index (χ1v) is 9.08. The fraction of sp³-hybridized carbons (Fsp3) is 0.333. The highest BCUT2D eigenvalue weighted by atomic mass is 79.9. The second-order valence-electron chi connectivity index (χ2n) is 6.11. The minimum Gasteiger partial charge on any atom is -0.483 e. The molecule has 1 aliphatic rings. The molecule has 0 unspecified atom stereocenters. The zero-order valence-electron chi connectivity index (χ0n) is 14.4. The standard InChI is InChI=1S/C18H20BrFN4O2/c1-23-6-8-24(9-7-23)17-5-3-14(11-21-17)22-18(25)12-26-16-4-2-13(20)10-15(16)19/h2-5,10-11H,6-9,12H2,1H3,(H,22,25). The number of piperazine rings is 1. The number of hydrogen-bond acceptors (Lipinski definition) is 5. The maximum absolute atomic E-state index is 13.0. The Morgan fingerprint density at radius 1 is 1.27 bits per heavy atom. The largest absolute Gasteiger partial charge is 0.483 e. The fourth-order valence-electron chi connectivity index (χ4n) is 2.62. The molecule has 0 radical (unpaired) electrons. The summed E-state index contributed by atoms with van der Waals surface area (Å²) < 4.78 is 18.9. The van der Waals surface area contributed by atoms with Gasteiger partial charge in [0.15, 0.2) is 6.61 Å². The van der Waals surface area contributed by atoms with Crippen molar-refractivity contribution in [3.8, 4) is 5.75 Å². The molecule has 8 heteroatoms. The van der Waals surface area contributed by atoms with Gasteiger partial charge in [-0.25, -0.2) is 9.37 Å². The molecule has 6 nitrogen and oxygen atoms in total. The number of nitrogens with zero attached hydrogens (tertiary/aromatic N) is 3. The quantitative estimate of drug-likeness (QED) is 0.802. The highest BCUT2D eigenvalue weighted by molar-refractivity contribution is 9.10. The molecule has 1 fully saturated rings. The predicted molar refractivity (Wildman–Crippen MR) is 102 cm³/mol. The van der Waals surface area contributed by atoms with E-state index in [0.717, 1.165) is 32.0 Å². The molecule has 0 aliphatic carbocycles. The number of carbonyl (C=O) groups excluding carboxylic acids is 1. The van der Waals surface area contributed by atoms with Gasteiger partial charge in [0.25, 0.3) is 5.91 Å². The van der Waals surface area contributed by atoms with Gasteiger partial charge in [0, 0.05) is 26.2 Å². The van der Waals surface area contributed by atoms with Crippen molar-refractivity contribution >= 4 is 33.3 Å². The van der Waals surface area contributed by atoms with Gasteiger partial charge < -0.3 is 19.9 Å². The van der Waals surface area contributed by atoms with Gasteiger partial charge in [-0.3, -0.25) is 4.79 Å². The van der Waals surface area contributed by atoms with Crippen molar-refractivity contribution in [3.63, 3.8) is 0 Å². The van der Waals surface area contributed by atoms with Crippen molar-refractivity contribution in [2.24, 2.45) is 0 Å². The van der Waals surface area contributed by atoms with E-state index in [1.54, 1.807) is 6.20 Å². The van der Waals surface area contributed by atoms with Crippen molar-refractivity contribution in [2.45, 2.75) is 0 Å². The molecule has 1 aliphatic heterocycles. The van der Waals surface area contributed by atoms with Gasteiger partial charge in [0.2, 0.25) is 0 Å². The van der Waals surface area contributed by atoms with Gasteiger partial charge in [0.1, 0.15) is 17.4 Å². The molecule has 0 saturated carbocycles. The number of amides is 1. The second-order valence-corrected chi connectivity index (χ2v) is 6.96. The molecule has 138 valence electrons. The zero-order chi connectivity index (χ0) is 18.5. The van der Waals surface area contributed by atoms with Crippen LogP contribution in [-0.2, 0) is 4.79 Å². The number of ether oxygens (including phenoxy) is 1. The van der Waals surface area contributed by atoms with Crippen molar-refractivity contribution in [3.05, 3.63) is 46.8 Å². The van der Waals surface area contributed by atoms with Crippen LogP contribution >= 0.6 is 15.9 Å². The molecule has 2 aromatic rings. The molecule has 1 amide bonds. The Hall–Kier alpha value is -2.19. The third-order valence-electron chi connectivity index (χ3n) is 4.11. The first-order chi connectivity index (χ1) is 12.5. The Kier molecular flexibility index (Phi) is 6.05. The van der Waals surface area contributed by atoms with Crippen LogP contribution in [0.15, 0.2) is 41.0 Å². The second kappa shape index (κ2) is 8.46. The summed E-state index contributed by atoms with van der Waals surface area (Å²) in [7, 11) is 2.11. The van der Waals surface area contributed by atoms with Crippen LogP contribution < -0.4 is 15.0 Å². The number of rotatable bonds is 5. The first-order valence-electron chi connectivity index (χ1n) is 8.28. The summed E-state index contributed by atoms with van der Waals surface area (Å²) in [5, 5.41) is 2.74. The van der Waals surface area contributed by atoms with Gasteiger partial charge in [-0.15, -0.1) is 0 Å². The summed E-state index contributed by atoms with van der Waals surface area (Å²) in [6.07, 6.45) is 1.64. The van der Waals surface area contributed by atoms with Crippen molar-refractivity contribution in [2.75, 3.05) is 50.1 Å². The molecule has 1 aromatic heterocycles.